The third-order valence-electron chi connectivity index (χ3n) is 2.82. The molecule has 0 fully saturated rings. The third kappa shape index (κ3) is 2.72. The SMILES string of the molecule is O=C(Nc1cccnc1Cl)c1sc2cccc(Cl)c2c1Cl. The van der Waals surface area contributed by atoms with Crippen molar-refractivity contribution in [2.24, 2.45) is 0 Å². The average Bonchev–Trinajstić information content (AvgIpc) is 2.80. The topological polar surface area (TPSA) is 42.0 Å². The fraction of sp³-hybridized carbons (Fsp3) is 0. The number of pyridine rings is 1. The van der Waals surface area contributed by atoms with Crippen LogP contribution in [0.4, 0.5) is 5.69 Å². The van der Waals surface area contributed by atoms with E-state index in [2.05, 4.69) is 10.3 Å². The largest absolute Gasteiger partial charge is 0.319 e. The van der Waals surface area contributed by atoms with Crippen molar-refractivity contribution in [2.75, 3.05) is 5.32 Å². The van der Waals surface area contributed by atoms with Gasteiger partial charge in [0.05, 0.1) is 15.7 Å². The van der Waals surface area contributed by atoms with Crippen LogP contribution in [-0.2, 0) is 0 Å². The lowest BCUT2D eigenvalue weighted by Gasteiger charge is -2.04. The Labute approximate surface area is 139 Å². The number of benzene rings is 1. The summed E-state index contributed by atoms with van der Waals surface area (Å²) in [6.07, 6.45) is 1.55. The van der Waals surface area contributed by atoms with Gasteiger partial charge in [0, 0.05) is 16.3 Å². The predicted molar refractivity (Wildman–Crippen MR) is 89.0 cm³/mol. The van der Waals surface area contributed by atoms with E-state index in [9.17, 15) is 4.79 Å². The minimum Gasteiger partial charge on any atom is -0.319 e. The molecule has 0 saturated carbocycles. The number of hydrogen-bond donors (Lipinski definition) is 1. The maximum atomic E-state index is 12.4. The number of amides is 1. The number of fused-ring (bicyclic) bond motifs is 1. The predicted octanol–water partition coefficient (Wildman–Crippen LogP) is 5.51. The number of nitrogens with zero attached hydrogens (tertiary/aromatic N) is 1. The van der Waals surface area contributed by atoms with Crippen LogP contribution in [0.15, 0.2) is 36.5 Å². The van der Waals surface area contributed by atoms with E-state index in [1.54, 1.807) is 24.4 Å². The summed E-state index contributed by atoms with van der Waals surface area (Å²) >= 11 is 19.6. The molecule has 3 rings (SSSR count). The van der Waals surface area contributed by atoms with Crippen molar-refractivity contribution >= 4 is 67.8 Å². The fourth-order valence-corrected chi connectivity index (χ4v) is 3.89. The standard InChI is InChI=1S/C14H7Cl3N2OS/c15-7-3-1-5-9-10(7)11(16)12(21-9)14(20)19-8-4-2-6-18-13(8)17/h1-6H,(H,19,20). The van der Waals surface area contributed by atoms with Gasteiger partial charge in [0.2, 0.25) is 0 Å². The first-order valence-corrected chi connectivity index (χ1v) is 7.81. The zero-order valence-electron chi connectivity index (χ0n) is 10.4. The Balaban J connectivity index is 2.01. The Kier molecular flexibility index (Phi) is 4.04. The van der Waals surface area contributed by atoms with Gasteiger partial charge in [-0.2, -0.15) is 0 Å². The second-order valence-corrected chi connectivity index (χ2v) is 6.35. The monoisotopic (exact) mass is 356 g/mol. The van der Waals surface area contributed by atoms with Crippen LogP contribution in [0.5, 0.6) is 0 Å². The zero-order valence-corrected chi connectivity index (χ0v) is 13.4. The molecule has 21 heavy (non-hydrogen) atoms. The summed E-state index contributed by atoms with van der Waals surface area (Å²) in [4.78, 5) is 16.6. The van der Waals surface area contributed by atoms with E-state index in [1.807, 2.05) is 12.1 Å². The molecule has 7 heteroatoms. The first kappa shape index (κ1) is 14.6. The molecule has 0 aliphatic carbocycles. The van der Waals surface area contributed by atoms with Crippen LogP contribution in [0, 0.1) is 0 Å². The van der Waals surface area contributed by atoms with Gasteiger partial charge in [-0.3, -0.25) is 4.79 Å². The summed E-state index contributed by atoms with van der Waals surface area (Å²) in [6, 6.07) is 8.78. The lowest BCUT2D eigenvalue weighted by atomic mass is 10.2. The molecule has 1 aromatic carbocycles. The van der Waals surface area contributed by atoms with Crippen LogP contribution < -0.4 is 5.32 Å². The molecule has 0 bridgehead atoms. The summed E-state index contributed by atoms with van der Waals surface area (Å²) in [6.45, 7) is 0. The summed E-state index contributed by atoms with van der Waals surface area (Å²) in [5.41, 5.74) is 0.434. The maximum absolute atomic E-state index is 12.4. The number of rotatable bonds is 2. The van der Waals surface area contributed by atoms with Gasteiger partial charge in [0.25, 0.3) is 5.91 Å². The smallest absolute Gasteiger partial charge is 0.267 e. The van der Waals surface area contributed by atoms with Crippen LogP contribution in [0.2, 0.25) is 15.2 Å². The van der Waals surface area contributed by atoms with E-state index >= 15 is 0 Å². The minimum absolute atomic E-state index is 0.223. The Morgan fingerprint density at radius 1 is 1.14 bits per heavy atom. The van der Waals surface area contributed by atoms with Crippen LogP contribution in [0.3, 0.4) is 0 Å². The summed E-state index contributed by atoms with van der Waals surface area (Å²) < 4.78 is 0.856. The van der Waals surface area contributed by atoms with Crippen molar-refractivity contribution < 1.29 is 4.79 Å². The molecule has 0 spiro atoms. The van der Waals surface area contributed by atoms with Crippen LogP contribution in [-0.4, -0.2) is 10.9 Å². The molecule has 2 heterocycles. The van der Waals surface area contributed by atoms with E-state index in [0.29, 0.717) is 26.0 Å². The number of thiophene rings is 1. The zero-order chi connectivity index (χ0) is 15.0. The summed E-state index contributed by atoms with van der Waals surface area (Å²) in [5.74, 6) is -0.341. The highest BCUT2D eigenvalue weighted by Gasteiger charge is 2.19. The summed E-state index contributed by atoms with van der Waals surface area (Å²) in [7, 11) is 0. The molecule has 3 nitrogen and oxygen atoms in total. The number of carbonyl (C=O) groups excluding carboxylic acids is 1. The van der Waals surface area contributed by atoms with E-state index < -0.39 is 0 Å². The Bertz CT molecular complexity index is 847. The molecule has 0 unspecified atom stereocenters. The lowest BCUT2D eigenvalue weighted by Crippen LogP contribution is -2.11. The molecular formula is C14H7Cl3N2OS. The first-order valence-electron chi connectivity index (χ1n) is 5.86. The van der Waals surface area contributed by atoms with Gasteiger partial charge in [-0.1, -0.05) is 40.9 Å². The van der Waals surface area contributed by atoms with E-state index in [-0.39, 0.29) is 11.1 Å². The number of halogens is 3. The number of anilines is 1. The highest BCUT2D eigenvalue weighted by molar-refractivity contribution is 7.21. The molecule has 0 radical (unpaired) electrons. The molecule has 3 aromatic rings. The number of carbonyl (C=O) groups is 1. The van der Waals surface area contributed by atoms with E-state index in [1.165, 1.54) is 11.3 Å². The molecule has 1 amide bonds. The van der Waals surface area contributed by atoms with Crippen LogP contribution in [0.25, 0.3) is 10.1 Å². The van der Waals surface area contributed by atoms with Gasteiger partial charge >= 0.3 is 0 Å². The van der Waals surface area contributed by atoms with Crippen molar-refractivity contribution in [1.29, 1.82) is 0 Å². The molecule has 106 valence electrons. The summed E-state index contributed by atoms with van der Waals surface area (Å²) in [5, 5.41) is 4.47. The second kappa shape index (κ2) is 5.81. The number of aromatic nitrogens is 1. The van der Waals surface area contributed by atoms with Gasteiger partial charge in [-0.05, 0) is 24.3 Å². The van der Waals surface area contributed by atoms with Crippen molar-refractivity contribution in [3.63, 3.8) is 0 Å². The van der Waals surface area contributed by atoms with Crippen molar-refractivity contribution in [3.05, 3.63) is 56.6 Å². The van der Waals surface area contributed by atoms with Crippen molar-refractivity contribution in [2.45, 2.75) is 0 Å². The quantitative estimate of drug-likeness (QED) is 0.614. The van der Waals surface area contributed by atoms with E-state index in [0.717, 1.165) is 4.70 Å². The average molecular weight is 358 g/mol. The fourth-order valence-electron chi connectivity index (χ4n) is 1.88. The van der Waals surface area contributed by atoms with Gasteiger partial charge in [0.1, 0.15) is 4.88 Å². The molecule has 0 atom stereocenters. The maximum Gasteiger partial charge on any atom is 0.267 e. The molecule has 1 N–H and O–H groups in total. The number of hydrogen-bond acceptors (Lipinski definition) is 3. The lowest BCUT2D eigenvalue weighted by molar-refractivity contribution is 0.103. The van der Waals surface area contributed by atoms with Crippen LogP contribution in [0.1, 0.15) is 9.67 Å². The molecule has 0 aliphatic heterocycles. The van der Waals surface area contributed by atoms with Gasteiger partial charge in [-0.15, -0.1) is 11.3 Å². The first-order chi connectivity index (χ1) is 10.1. The Morgan fingerprint density at radius 3 is 2.67 bits per heavy atom. The normalized spacial score (nSPS) is 10.8. The van der Waals surface area contributed by atoms with Gasteiger partial charge < -0.3 is 5.32 Å². The third-order valence-corrected chi connectivity index (χ3v) is 5.08. The molecular weight excluding hydrogens is 351 g/mol. The Morgan fingerprint density at radius 2 is 1.95 bits per heavy atom. The molecule has 0 aliphatic rings. The van der Waals surface area contributed by atoms with Crippen molar-refractivity contribution in [1.82, 2.24) is 4.98 Å². The number of nitrogens with one attached hydrogen (secondary N) is 1. The Hall–Kier alpha value is -1.33. The van der Waals surface area contributed by atoms with Gasteiger partial charge in [-0.25, -0.2) is 4.98 Å². The van der Waals surface area contributed by atoms with E-state index in [4.69, 9.17) is 34.8 Å². The minimum atomic E-state index is -0.341. The second-order valence-electron chi connectivity index (χ2n) is 4.15. The highest BCUT2D eigenvalue weighted by atomic mass is 35.5. The molecule has 2 aromatic heterocycles. The van der Waals surface area contributed by atoms with Gasteiger partial charge in [0.15, 0.2) is 5.15 Å². The van der Waals surface area contributed by atoms with Crippen LogP contribution >= 0.6 is 46.1 Å². The molecule has 0 saturated heterocycles. The highest BCUT2D eigenvalue weighted by Crippen LogP contribution is 2.39. The van der Waals surface area contributed by atoms with Crippen molar-refractivity contribution in [3.8, 4) is 0 Å².